The normalized spacial score (nSPS) is 10.5. The van der Waals surface area contributed by atoms with Gasteiger partial charge < -0.3 is 15.2 Å². The standard InChI is InChI=1S/C23H21N7O/c1-4-19-28-22(31-30-19)17-11-14(2)21(15(3)12-17)27-20-9-10-25-23(29-20)26-18-7-5-16(13-24)6-8-18/h5-12H,4H2,1-3H3,(H2,25,26,27,29). The summed E-state index contributed by atoms with van der Waals surface area (Å²) in [7, 11) is 0. The highest BCUT2D eigenvalue weighted by Crippen LogP contribution is 2.30. The van der Waals surface area contributed by atoms with Crippen molar-refractivity contribution in [3.63, 3.8) is 0 Å². The first kappa shape index (κ1) is 20.0. The van der Waals surface area contributed by atoms with Crippen LogP contribution in [0.25, 0.3) is 11.5 Å². The van der Waals surface area contributed by atoms with Crippen molar-refractivity contribution in [2.75, 3.05) is 10.6 Å². The second kappa shape index (κ2) is 8.63. The SMILES string of the molecule is CCc1noc(-c2cc(C)c(Nc3ccnc(Nc4ccc(C#N)cc4)n3)c(C)c2)n1. The smallest absolute Gasteiger partial charge is 0.257 e. The van der Waals surface area contributed by atoms with Gasteiger partial charge in [-0.3, -0.25) is 0 Å². The number of nitrogens with zero attached hydrogens (tertiary/aromatic N) is 5. The van der Waals surface area contributed by atoms with E-state index in [0.717, 1.165) is 34.5 Å². The Hall–Kier alpha value is -4.25. The number of nitrogens with one attached hydrogen (secondary N) is 2. The molecule has 0 spiro atoms. The van der Waals surface area contributed by atoms with Gasteiger partial charge in [-0.15, -0.1) is 0 Å². The summed E-state index contributed by atoms with van der Waals surface area (Å²) in [6.07, 6.45) is 2.42. The van der Waals surface area contributed by atoms with Crippen molar-refractivity contribution in [3.05, 3.63) is 71.2 Å². The van der Waals surface area contributed by atoms with E-state index in [0.29, 0.717) is 29.0 Å². The van der Waals surface area contributed by atoms with Gasteiger partial charge in [0.15, 0.2) is 5.82 Å². The fourth-order valence-electron chi connectivity index (χ4n) is 3.17. The molecule has 0 atom stereocenters. The van der Waals surface area contributed by atoms with Crippen LogP contribution in [-0.4, -0.2) is 20.1 Å². The minimum absolute atomic E-state index is 0.458. The molecule has 4 aromatic rings. The number of aryl methyl sites for hydroxylation is 3. The van der Waals surface area contributed by atoms with E-state index < -0.39 is 0 Å². The Labute approximate surface area is 180 Å². The molecule has 4 rings (SSSR count). The number of rotatable bonds is 6. The molecule has 0 fully saturated rings. The van der Waals surface area contributed by atoms with Crippen molar-refractivity contribution in [2.24, 2.45) is 0 Å². The maximum absolute atomic E-state index is 8.92. The lowest BCUT2D eigenvalue weighted by Crippen LogP contribution is -2.02. The monoisotopic (exact) mass is 411 g/mol. The van der Waals surface area contributed by atoms with Crippen LogP contribution >= 0.6 is 0 Å². The molecule has 0 saturated carbocycles. The van der Waals surface area contributed by atoms with Crippen molar-refractivity contribution < 1.29 is 4.52 Å². The third-order valence-corrected chi connectivity index (χ3v) is 4.74. The van der Waals surface area contributed by atoms with Crippen molar-refractivity contribution in [1.82, 2.24) is 20.1 Å². The predicted octanol–water partition coefficient (Wildman–Crippen LogP) is 5.06. The van der Waals surface area contributed by atoms with Gasteiger partial charge in [-0.1, -0.05) is 12.1 Å². The molecule has 0 amide bonds. The van der Waals surface area contributed by atoms with Crippen LogP contribution in [0.4, 0.5) is 23.1 Å². The summed E-state index contributed by atoms with van der Waals surface area (Å²) in [6, 6.07) is 15.1. The number of aromatic nitrogens is 4. The van der Waals surface area contributed by atoms with Gasteiger partial charge in [-0.2, -0.15) is 15.2 Å². The largest absolute Gasteiger partial charge is 0.340 e. The first-order chi connectivity index (χ1) is 15.1. The van der Waals surface area contributed by atoms with E-state index in [1.165, 1.54) is 0 Å². The van der Waals surface area contributed by atoms with E-state index in [-0.39, 0.29) is 0 Å². The summed E-state index contributed by atoms with van der Waals surface area (Å²) in [4.78, 5) is 13.2. The number of hydrogen-bond acceptors (Lipinski definition) is 8. The second-order valence-electron chi connectivity index (χ2n) is 7.06. The zero-order valence-corrected chi connectivity index (χ0v) is 17.5. The van der Waals surface area contributed by atoms with E-state index in [4.69, 9.17) is 9.78 Å². The van der Waals surface area contributed by atoms with Gasteiger partial charge in [0, 0.05) is 29.6 Å². The van der Waals surface area contributed by atoms with Gasteiger partial charge in [0.2, 0.25) is 5.95 Å². The average molecular weight is 411 g/mol. The average Bonchev–Trinajstić information content (AvgIpc) is 3.26. The molecule has 2 aromatic carbocycles. The molecule has 2 aromatic heterocycles. The molecule has 8 heteroatoms. The highest BCUT2D eigenvalue weighted by molar-refractivity contribution is 5.71. The second-order valence-corrected chi connectivity index (χ2v) is 7.06. The highest BCUT2D eigenvalue weighted by Gasteiger charge is 2.13. The Balaban J connectivity index is 1.54. The summed E-state index contributed by atoms with van der Waals surface area (Å²) in [5.74, 6) is 2.33. The topological polar surface area (TPSA) is 113 Å². The molecule has 0 aliphatic rings. The van der Waals surface area contributed by atoms with Crippen molar-refractivity contribution in [1.29, 1.82) is 5.26 Å². The first-order valence-corrected chi connectivity index (χ1v) is 9.87. The van der Waals surface area contributed by atoms with Crippen LogP contribution in [0.2, 0.25) is 0 Å². The molecular weight excluding hydrogens is 390 g/mol. The zero-order valence-electron chi connectivity index (χ0n) is 17.5. The summed E-state index contributed by atoms with van der Waals surface area (Å²) >= 11 is 0. The molecule has 8 nitrogen and oxygen atoms in total. The lowest BCUT2D eigenvalue weighted by Gasteiger charge is -2.14. The molecule has 31 heavy (non-hydrogen) atoms. The van der Waals surface area contributed by atoms with E-state index in [2.05, 4.69) is 36.8 Å². The van der Waals surface area contributed by atoms with Crippen LogP contribution in [0.5, 0.6) is 0 Å². The Morgan fingerprint density at radius 1 is 1.00 bits per heavy atom. The van der Waals surface area contributed by atoms with Crippen LogP contribution in [-0.2, 0) is 6.42 Å². The summed E-state index contributed by atoms with van der Waals surface area (Å²) in [5.41, 5.74) is 5.32. The fourth-order valence-corrected chi connectivity index (χ4v) is 3.17. The highest BCUT2D eigenvalue weighted by atomic mass is 16.5. The lowest BCUT2D eigenvalue weighted by atomic mass is 10.0. The molecule has 0 aliphatic heterocycles. The third kappa shape index (κ3) is 4.51. The number of hydrogen-bond donors (Lipinski definition) is 2. The van der Waals surface area contributed by atoms with Crippen LogP contribution < -0.4 is 10.6 Å². The third-order valence-electron chi connectivity index (χ3n) is 4.74. The molecule has 2 N–H and O–H groups in total. The summed E-state index contributed by atoms with van der Waals surface area (Å²) in [5, 5.41) is 19.4. The number of anilines is 4. The quantitative estimate of drug-likeness (QED) is 0.452. The molecule has 154 valence electrons. The summed E-state index contributed by atoms with van der Waals surface area (Å²) in [6.45, 7) is 6.03. The van der Waals surface area contributed by atoms with Gasteiger partial charge in [0.1, 0.15) is 5.82 Å². The summed E-state index contributed by atoms with van der Waals surface area (Å²) < 4.78 is 5.37. The fraction of sp³-hybridized carbons (Fsp3) is 0.174. The maximum atomic E-state index is 8.92. The van der Waals surface area contributed by atoms with E-state index in [1.807, 2.05) is 51.1 Å². The molecular formula is C23H21N7O. The molecule has 0 aliphatic carbocycles. The van der Waals surface area contributed by atoms with Gasteiger partial charge in [0.25, 0.3) is 5.89 Å². The van der Waals surface area contributed by atoms with Crippen LogP contribution in [0, 0.1) is 25.2 Å². The maximum Gasteiger partial charge on any atom is 0.257 e. The van der Waals surface area contributed by atoms with E-state index in [9.17, 15) is 0 Å². The van der Waals surface area contributed by atoms with Crippen molar-refractivity contribution >= 4 is 23.1 Å². The number of nitriles is 1. The van der Waals surface area contributed by atoms with Crippen molar-refractivity contribution in [2.45, 2.75) is 27.2 Å². The van der Waals surface area contributed by atoms with Gasteiger partial charge >= 0.3 is 0 Å². The molecule has 0 bridgehead atoms. The Kier molecular flexibility index (Phi) is 5.58. The van der Waals surface area contributed by atoms with Crippen LogP contribution in [0.3, 0.4) is 0 Å². The Morgan fingerprint density at radius 2 is 1.74 bits per heavy atom. The predicted molar refractivity (Wildman–Crippen MR) is 118 cm³/mol. The van der Waals surface area contributed by atoms with E-state index in [1.54, 1.807) is 18.3 Å². The van der Waals surface area contributed by atoms with Crippen LogP contribution in [0.15, 0.2) is 53.2 Å². The van der Waals surface area contributed by atoms with Gasteiger partial charge in [-0.05, 0) is 67.4 Å². The minimum atomic E-state index is 0.458. The van der Waals surface area contributed by atoms with Gasteiger partial charge in [0.05, 0.1) is 11.6 Å². The molecule has 2 heterocycles. The Morgan fingerprint density at radius 3 is 2.39 bits per heavy atom. The van der Waals surface area contributed by atoms with Crippen molar-refractivity contribution in [3.8, 4) is 17.5 Å². The van der Waals surface area contributed by atoms with Gasteiger partial charge in [-0.25, -0.2) is 4.98 Å². The molecule has 0 unspecified atom stereocenters. The minimum Gasteiger partial charge on any atom is -0.340 e. The number of benzene rings is 2. The van der Waals surface area contributed by atoms with E-state index >= 15 is 0 Å². The first-order valence-electron chi connectivity index (χ1n) is 9.87. The molecule has 0 radical (unpaired) electrons. The zero-order chi connectivity index (χ0) is 21.8. The lowest BCUT2D eigenvalue weighted by molar-refractivity contribution is 0.423. The Bertz CT molecular complexity index is 1230. The van der Waals surface area contributed by atoms with Crippen LogP contribution in [0.1, 0.15) is 29.4 Å². The molecule has 0 saturated heterocycles.